The van der Waals surface area contributed by atoms with Crippen LogP contribution in [0, 0.1) is 0 Å². The number of rotatable bonds is 4. The number of amides is 1. The van der Waals surface area contributed by atoms with Crippen molar-refractivity contribution >= 4 is 33.7 Å². The maximum Gasteiger partial charge on any atom is 0.289 e. The summed E-state index contributed by atoms with van der Waals surface area (Å²) < 4.78 is 0. The molecule has 0 unspecified atom stereocenters. The van der Waals surface area contributed by atoms with E-state index in [0.29, 0.717) is 5.69 Å². The summed E-state index contributed by atoms with van der Waals surface area (Å²) in [5.74, 6) is -0.319. The van der Waals surface area contributed by atoms with Crippen LogP contribution < -0.4 is 5.43 Å². The molecular weight excluding hydrogens is 344 g/mol. The van der Waals surface area contributed by atoms with Crippen LogP contribution in [-0.2, 0) is 0 Å². The lowest BCUT2D eigenvalue weighted by atomic mass is 10.1. The van der Waals surface area contributed by atoms with Crippen LogP contribution in [0.25, 0.3) is 22.0 Å². The third kappa shape index (κ3) is 3.27. The smallest absolute Gasteiger partial charge is 0.272 e. The zero-order valence-corrected chi connectivity index (χ0v) is 14.9. The first-order valence-corrected chi connectivity index (χ1v) is 9.02. The van der Waals surface area contributed by atoms with E-state index in [1.54, 1.807) is 17.4 Å². The molecule has 1 amide bonds. The summed E-state index contributed by atoms with van der Waals surface area (Å²) in [5, 5.41) is 15.5. The highest BCUT2D eigenvalue weighted by molar-refractivity contribution is 7.12. The van der Waals surface area contributed by atoms with Gasteiger partial charge in [0.2, 0.25) is 0 Å². The van der Waals surface area contributed by atoms with Crippen LogP contribution in [0.3, 0.4) is 0 Å². The molecule has 0 fully saturated rings. The highest BCUT2D eigenvalue weighted by Crippen LogP contribution is 2.23. The number of benzene rings is 2. The minimum atomic E-state index is -0.319. The molecule has 2 aromatic carbocycles. The van der Waals surface area contributed by atoms with Crippen LogP contribution in [0.2, 0.25) is 0 Å². The molecule has 0 spiro atoms. The minimum absolute atomic E-state index is 0.319. The van der Waals surface area contributed by atoms with Crippen molar-refractivity contribution in [3.63, 3.8) is 0 Å². The average molecular weight is 360 g/mol. The van der Waals surface area contributed by atoms with E-state index in [1.807, 2.05) is 48.7 Å². The largest absolute Gasteiger partial charge is 0.289 e. The van der Waals surface area contributed by atoms with Gasteiger partial charge >= 0.3 is 0 Å². The van der Waals surface area contributed by atoms with E-state index in [2.05, 4.69) is 38.9 Å². The van der Waals surface area contributed by atoms with Gasteiger partial charge in [0, 0.05) is 10.4 Å². The normalized spacial score (nSPS) is 11.7. The van der Waals surface area contributed by atoms with E-state index >= 15 is 0 Å². The van der Waals surface area contributed by atoms with E-state index in [0.717, 1.165) is 27.2 Å². The number of thiophene rings is 1. The molecule has 0 aliphatic carbocycles. The van der Waals surface area contributed by atoms with Crippen LogP contribution >= 0.6 is 11.3 Å². The molecule has 0 aliphatic heterocycles. The Labute approximate surface area is 154 Å². The van der Waals surface area contributed by atoms with Crippen LogP contribution in [0.1, 0.15) is 22.3 Å². The number of hydrogen-bond donors (Lipinski definition) is 2. The first-order chi connectivity index (χ1) is 12.7. The molecule has 4 rings (SSSR count). The predicted molar refractivity (Wildman–Crippen MR) is 106 cm³/mol. The molecule has 0 atom stereocenters. The summed E-state index contributed by atoms with van der Waals surface area (Å²) in [6, 6.07) is 19.9. The number of hydrogen-bond acceptors (Lipinski definition) is 4. The number of fused-ring (bicyclic) bond motifs is 1. The van der Waals surface area contributed by atoms with Gasteiger partial charge in [0.1, 0.15) is 5.69 Å². The third-order valence-electron chi connectivity index (χ3n) is 4.07. The molecule has 0 aliphatic rings. The van der Waals surface area contributed by atoms with Crippen molar-refractivity contribution in [1.82, 2.24) is 15.6 Å². The molecule has 0 saturated heterocycles. The van der Waals surface area contributed by atoms with Gasteiger partial charge in [0.25, 0.3) is 5.91 Å². The highest BCUT2D eigenvalue weighted by atomic mass is 32.1. The molecule has 2 heterocycles. The molecule has 0 radical (unpaired) electrons. The van der Waals surface area contributed by atoms with Crippen molar-refractivity contribution in [2.24, 2.45) is 5.10 Å². The van der Waals surface area contributed by atoms with Gasteiger partial charge in [-0.2, -0.15) is 10.2 Å². The first-order valence-electron chi connectivity index (χ1n) is 8.14. The molecule has 26 heavy (non-hydrogen) atoms. The Hall–Kier alpha value is -3.25. The summed E-state index contributed by atoms with van der Waals surface area (Å²) in [4.78, 5) is 13.3. The fourth-order valence-electron chi connectivity index (χ4n) is 2.67. The number of carbonyl (C=O) groups is 1. The SMILES string of the molecule is C/C(=N/NC(=O)c1cc(-c2ccc3ccccc3c2)n[nH]1)c1cccs1. The van der Waals surface area contributed by atoms with E-state index in [4.69, 9.17) is 0 Å². The number of nitrogens with zero attached hydrogens (tertiary/aromatic N) is 2. The highest BCUT2D eigenvalue weighted by Gasteiger charge is 2.11. The zero-order valence-electron chi connectivity index (χ0n) is 14.1. The van der Waals surface area contributed by atoms with Crippen LogP contribution in [0.5, 0.6) is 0 Å². The Bertz CT molecular complexity index is 1100. The maximum absolute atomic E-state index is 12.3. The second kappa shape index (κ2) is 6.93. The standard InChI is InChI=1S/C20H16N4OS/c1-13(19-7-4-10-26-19)21-24-20(25)18-12-17(22-23-18)16-9-8-14-5-2-3-6-15(14)11-16/h2-12H,1H3,(H,22,23)(H,24,25)/b21-13-. The van der Waals surface area contributed by atoms with Crippen molar-refractivity contribution in [3.8, 4) is 11.3 Å². The molecule has 2 N–H and O–H groups in total. The fourth-order valence-corrected chi connectivity index (χ4v) is 3.35. The number of aromatic amines is 1. The Kier molecular flexibility index (Phi) is 4.33. The molecule has 0 saturated carbocycles. The summed E-state index contributed by atoms with van der Waals surface area (Å²) in [6.07, 6.45) is 0. The van der Waals surface area contributed by atoms with Crippen LogP contribution in [0.15, 0.2) is 71.1 Å². The minimum Gasteiger partial charge on any atom is -0.272 e. The van der Waals surface area contributed by atoms with Crippen LogP contribution in [-0.4, -0.2) is 21.8 Å². The second-order valence-corrected chi connectivity index (χ2v) is 6.79. The number of carbonyl (C=O) groups excluding carboxylic acids is 1. The van der Waals surface area contributed by atoms with Crippen LogP contribution in [0.4, 0.5) is 0 Å². The first kappa shape index (κ1) is 16.2. The monoisotopic (exact) mass is 360 g/mol. The van der Waals surface area contributed by atoms with Crippen molar-refractivity contribution < 1.29 is 4.79 Å². The van der Waals surface area contributed by atoms with Gasteiger partial charge in [-0.3, -0.25) is 9.89 Å². The Morgan fingerprint density at radius 1 is 1.08 bits per heavy atom. The zero-order chi connectivity index (χ0) is 17.9. The quantitative estimate of drug-likeness (QED) is 0.417. The molecule has 2 aromatic heterocycles. The molecule has 128 valence electrons. The lowest BCUT2D eigenvalue weighted by Crippen LogP contribution is -2.19. The summed E-state index contributed by atoms with van der Waals surface area (Å²) in [6.45, 7) is 1.86. The van der Waals surface area contributed by atoms with Gasteiger partial charge in [-0.1, -0.05) is 42.5 Å². The fraction of sp³-hybridized carbons (Fsp3) is 0.0500. The second-order valence-electron chi connectivity index (χ2n) is 5.84. The van der Waals surface area contributed by atoms with E-state index in [1.165, 1.54) is 5.39 Å². The summed E-state index contributed by atoms with van der Waals surface area (Å²) >= 11 is 1.58. The van der Waals surface area contributed by atoms with Crippen molar-refractivity contribution in [3.05, 3.63) is 76.6 Å². The predicted octanol–water partition coefficient (Wildman–Crippen LogP) is 4.45. The molecule has 4 aromatic rings. The number of hydrazone groups is 1. The number of nitrogens with one attached hydrogen (secondary N) is 2. The molecule has 0 bridgehead atoms. The van der Waals surface area contributed by atoms with Gasteiger partial charge in [-0.15, -0.1) is 11.3 Å². The molecule has 5 nitrogen and oxygen atoms in total. The van der Waals surface area contributed by atoms with Gasteiger partial charge in [-0.05, 0) is 41.3 Å². The van der Waals surface area contributed by atoms with Gasteiger partial charge in [0.15, 0.2) is 0 Å². The summed E-state index contributed by atoms with van der Waals surface area (Å²) in [5.41, 5.74) is 5.38. The number of H-pyrrole nitrogens is 1. The summed E-state index contributed by atoms with van der Waals surface area (Å²) in [7, 11) is 0. The van der Waals surface area contributed by atoms with Gasteiger partial charge in [-0.25, -0.2) is 5.43 Å². The molecule has 6 heteroatoms. The van der Waals surface area contributed by atoms with E-state index in [-0.39, 0.29) is 5.91 Å². The van der Waals surface area contributed by atoms with E-state index < -0.39 is 0 Å². The molecular formula is C20H16N4OS. The van der Waals surface area contributed by atoms with Crippen molar-refractivity contribution in [2.75, 3.05) is 0 Å². The number of aromatic nitrogens is 2. The Balaban J connectivity index is 1.53. The lowest BCUT2D eigenvalue weighted by Gasteiger charge is -2.00. The Morgan fingerprint density at radius 2 is 1.92 bits per heavy atom. The third-order valence-corrected chi connectivity index (χ3v) is 5.05. The van der Waals surface area contributed by atoms with Gasteiger partial charge < -0.3 is 0 Å². The topological polar surface area (TPSA) is 70.1 Å². The lowest BCUT2D eigenvalue weighted by molar-refractivity contribution is 0.0950. The van der Waals surface area contributed by atoms with E-state index in [9.17, 15) is 4.79 Å². The Morgan fingerprint density at radius 3 is 2.73 bits per heavy atom. The van der Waals surface area contributed by atoms with Gasteiger partial charge in [0.05, 0.1) is 11.4 Å². The van der Waals surface area contributed by atoms with Crippen molar-refractivity contribution in [1.29, 1.82) is 0 Å². The average Bonchev–Trinajstić information content (AvgIpc) is 3.37. The van der Waals surface area contributed by atoms with Crippen molar-refractivity contribution in [2.45, 2.75) is 6.92 Å². The maximum atomic E-state index is 12.3.